The molecule has 2 unspecified atom stereocenters. The molecule has 138 valence electrons. The molecule has 2 atom stereocenters. The van der Waals surface area contributed by atoms with Gasteiger partial charge >= 0.3 is 0 Å². The van der Waals surface area contributed by atoms with Crippen molar-refractivity contribution >= 4 is 5.91 Å². The van der Waals surface area contributed by atoms with Crippen molar-refractivity contribution < 1.29 is 13.9 Å². The number of nitrogens with one attached hydrogen (secondary N) is 2. The van der Waals surface area contributed by atoms with E-state index < -0.39 is 0 Å². The Kier molecular flexibility index (Phi) is 5.89. The molecule has 0 fully saturated rings. The van der Waals surface area contributed by atoms with Crippen molar-refractivity contribution in [3.63, 3.8) is 0 Å². The zero-order chi connectivity index (χ0) is 18.5. The van der Waals surface area contributed by atoms with Crippen LogP contribution in [0.3, 0.4) is 0 Å². The molecule has 3 rings (SSSR count). The maximum Gasteiger partial charge on any atom is 0.236 e. The Morgan fingerprint density at radius 2 is 2.12 bits per heavy atom. The minimum atomic E-state index is -0.249. The van der Waals surface area contributed by atoms with Crippen LogP contribution < -0.4 is 15.4 Å². The van der Waals surface area contributed by atoms with Crippen molar-refractivity contribution in [1.29, 1.82) is 0 Å². The van der Waals surface area contributed by atoms with Crippen LogP contribution in [0.25, 0.3) is 0 Å². The van der Waals surface area contributed by atoms with E-state index in [2.05, 4.69) is 16.7 Å². The highest BCUT2D eigenvalue weighted by molar-refractivity contribution is 5.80. The molecular weight excluding hydrogens is 331 g/mol. The lowest BCUT2D eigenvalue weighted by Crippen LogP contribution is -2.40. The van der Waals surface area contributed by atoms with E-state index >= 15 is 0 Å². The second-order valence-electron chi connectivity index (χ2n) is 6.73. The van der Waals surface area contributed by atoms with Gasteiger partial charge in [-0.3, -0.25) is 4.79 Å². The number of aryl methyl sites for hydroxylation is 1. The standard InChI is InChI=1S/C21H25FN2O2/c1-14(21(25)23-2)24-12-15-7-10-20-18(11-15)17(13-26-20)9-8-16-5-3-4-6-19(16)22/h3-7,10-11,14,17,24H,8-9,12-13H2,1-2H3,(H,23,25). The van der Waals surface area contributed by atoms with Gasteiger partial charge in [-0.2, -0.15) is 0 Å². The summed E-state index contributed by atoms with van der Waals surface area (Å²) in [5.74, 6) is 0.998. The second kappa shape index (κ2) is 8.32. The van der Waals surface area contributed by atoms with Gasteiger partial charge in [0.1, 0.15) is 11.6 Å². The van der Waals surface area contributed by atoms with Gasteiger partial charge in [0.05, 0.1) is 12.6 Å². The highest BCUT2D eigenvalue weighted by Crippen LogP contribution is 2.37. The third-order valence-electron chi connectivity index (χ3n) is 4.93. The Balaban J connectivity index is 1.63. The smallest absolute Gasteiger partial charge is 0.236 e. The fourth-order valence-corrected chi connectivity index (χ4v) is 3.29. The maximum atomic E-state index is 13.8. The first-order valence-corrected chi connectivity index (χ1v) is 9.02. The average molecular weight is 356 g/mol. The summed E-state index contributed by atoms with van der Waals surface area (Å²) in [5.41, 5.74) is 3.03. The van der Waals surface area contributed by atoms with Crippen LogP contribution >= 0.6 is 0 Å². The highest BCUT2D eigenvalue weighted by Gasteiger charge is 2.24. The van der Waals surface area contributed by atoms with Gasteiger partial charge in [-0.15, -0.1) is 0 Å². The highest BCUT2D eigenvalue weighted by atomic mass is 19.1. The fraction of sp³-hybridized carbons (Fsp3) is 0.381. The van der Waals surface area contributed by atoms with Crippen LogP contribution in [-0.4, -0.2) is 25.6 Å². The van der Waals surface area contributed by atoms with Crippen molar-refractivity contribution in [2.24, 2.45) is 0 Å². The first kappa shape index (κ1) is 18.4. The van der Waals surface area contributed by atoms with Crippen LogP contribution in [0.15, 0.2) is 42.5 Å². The third-order valence-corrected chi connectivity index (χ3v) is 4.93. The summed E-state index contributed by atoms with van der Waals surface area (Å²) in [6.45, 7) is 3.09. The molecule has 5 heteroatoms. The van der Waals surface area contributed by atoms with Gasteiger partial charge in [0.15, 0.2) is 0 Å². The number of hydrogen-bond donors (Lipinski definition) is 2. The maximum absolute atomic E-state index is 13.8. The second-order valence-corrected chi connectivity index (χ2v) is 6.73. The molecule has 0 aliphatic carbocycles. The molecule has 4 nitrogen and oxygen atoms in total. The number of carbonyl (C=O) groups is 1. The zero-order valence-corrected chi connectivity index (χ0v) is 15.2. The van der Waals surface area contributed by atoms with E-state index in [4.69, 9.17) is 4.74 Å². The van der Waals surface area contributed by atoms with E-state index in [0.29, 0.717) is 19.6 Å². The van der Waals surface area contributed by atoms with E-state index in [1.807, 2.05) is 31.2 Å². The van der Waals surface area contributed by atoms with Gasteiger partial charge in [0, 0.05) is 25.1 Å². The Morgan fingerprint density at radius 3 is 2.88 bits per heavy atom. The first-order valence-electron chi connectivity index (χ1n) is 9.02. The molecule has 0 saturated heterocycles. The molecule has 2 N–H and O–H groups in total. The summed E-state index contributed by atoms with van der Waals surface area (Å²) in [6, 6.07) is 12.8. The predicted molar refractivity (Wildman–Crippen MR) is 99.8 cm³/mol. The van der Waals surface area contributed by atoms with Crippen LogP contribution in [0.5, 0.6) is 5.75 Å². The quantitative estimate of drug-likeness (QED) is 0.801. The topological polar surface area (TPSA) is 50.4 Å². The number of ether oxygens (including phenoxy) is 1. The molecule has 0 radical (unpaired) electrons. The van der Waals surface area contributed by atoms with Crippen molar-refractivity contribution in [2.45, 2.75) is 38.3 Å². The predicted octanol–water partition coefficient (Wildman–Crippen LogP) is 3.16. The van der Waals surface area contributed by atoms with E-state index in [-0.39, 0.29) is 23.7 Å². The molecule has 26 heavy (non-hydrogen) atoms. The fourth-order valence-electron chi connectivity index (χ4n) is 3.29. The molecule has 1 heterocycles. The Hall–Kier alpha value is -2.40. The summed E-state index contributed by atoms with van der Waals surface area (Å²) in [6.07, 6.45) is 1.54. The molecule has 1 amide bonds. The number of rotatable bonds is 7. The van der Waals surface area contributed by atoms with E-state index in [1.165, 1.54) is 11.6 Å². The number of likely N-dealkylation sites (N-methyl/N-ethyl adjacent to an activating group) is 1. The minimum Gasteiger partial charge on any atom is -0.493 e. The van der Waals surface area contributed by atoms with Crippen molar-refractivity contribution in [3.05, 3.63) is 65.0 Å². The van der Waals surface area contributed by atoms with Crippen LogP contribution in [0, 0.1) is 5.82 Å². The lowest BCUT2D eigenvalue weighted by molar-refractivity contribution is -0.122. The van der Waals surface area contributed by atoms with Gasteiger partial charge in [-0.05, 0) is 43.0 Å². The van der Waals surface area contributed by atoms with Crippen LogP contribution in [-0.2, 0) is 17.8 Å². The van der Waals surface area contributed by atoms with Gasteiger partial charge in [0.2, 0.25) is 5.91 Å². The number of hydrogen-bond acceptors (Lipinski definition) is 3. The summed E-state index contributed by atoms with van der Waals surface area (Å²) < 4.78 is 19.6. The lowest BCUT2D eigenvalue weighted by Gasteiger charge is -2.14. The number of amides is 1. The summed E-state index contributed by atoms with van der Waals surface area (Å²) in [7, 11) is 1.63. The number of fused-ring (bicyclic) bond motifs is 1. The molecule has 1 aliphatic heterocycles. The van der Waals surface area contributed by atoms with E-state index in [1.54, 1.807) is 13.1 Å². The molecule has 0 bridgehead atoms. The van der Waals surface area contributed by atoms with Crippen LogP contribution in [0.1, 0.15) is 36.0 Å². The lowest BCUT2D eigenvalue weighted by atomic mass is 9.93. The average Bonchev–Trinajstić information content (AvgIpc) is 3.07. The van der Waals surface area contributed by atoms with Crippen LogP contribution in [0.4, 0.5) is 4.39 Å². The molecule has 0 saturated carbocycles. The van der Waals surface area contributed by atoms with Gasteiger partial charge < -0.3 is 15.4 Å². The largest absolute Gasteiger partial charge is 0.493 e. The van der Waals surface area contributed by atoms with Gasteiger partial charge in [0.25, 0.3) is 0 Å². The summed E-state index contributed by atoms with van der Waals surface area (Å²) in [4.78, 5) is 11.6. The minimum absolute atomic E-state index is 0.0303. The van der Waals surface area contributed by atoms with E-state index in [9.17, 15) is 9.18 Å². The SMILES string of the molecule is CNC(=O)C(C)NCc1ccc2c(c1)C(CCc1ccccc1F)CO2. The molecular formula is C21H25FN2O2. The monoisotopic (exact) mass is 356 g/mol. The van der Waals surface area contributed by atoms with E-state index in [0.717, 1.165) is 23.3 Å². The molecule has 2 aromatic carbocycles. The van der Waals surface area contributed by atoms with Crippen molar-refractivity contribution in [2.75, 3.05) is 13.7 Å². The summed E-state index contributed by atoms with van der Waals surface area (Å²) >= 11 is 0. The van der Waals surface area contributed by atoms with Gasteiger partial charge in [-0.25, -0.2) is 4.39 Å². The molecule has 1 aliphatic rings. The first-order chi connectivity index (χ1) is 12.6. The molecule has 0 spiro atoms. The number of halogens is 1. The third kappa shape index (κ3) is 4.22. The molecule has 2 aromatic rings. The van der Waals surface area contributed by atoms with Crippen molar-refractivity contribution in [3.8, 4) is 5.75 Å². The Labute approximate surface area is 153 Å². The summed E-state index contributed by atoms with van der Waals surface area (Å²) in [5, 5.41) is 5.85. The zero-order valence-electron chi connectivity index (χ0n) is 15.2. The van der Waals surface area contributed by atoms with Gasteiger partial charge in [-0.1, -0.05) is 30.3 Å². The Morgan fingerprint density at radius 1 is 1.31 bits per heavy atom. The molecule has 0 aromatic heterocycles. The number of benzene rings is 2. The number of carbonyl (C=O) groups excluding carboxylic acids is 1. The van der Waals surface area contributed by atoms with Crippen LogP contribution in [0.2, 0.25) is 0 Å². The Bertz CT molecular complexity index is 778. The normalized spacial score (nSPS) is 16.7. The van der Waals surface area contributed by atoms with Crippen molar-refractivity contribution in [1.82, 2.24) is 10.6 Å².